The molecule has 25 heavy (non-hydrogen) atoms. The summed E-state index contributed by atoms with van der Waals surface area (Å²) >= 11 is 0. The van der Waals surface area contributed by atoms with Gasteiger partial charge in [-0.15, -0.1) is 0 Å². The van der Waals surface area contributed by atoms with Crippen LogP contribution in [-0.2, 0) is 0 Å². The van der Waals surface area contributed by atoms with Gasteiger partial charge in [0.25, 0.3) is 5.91 Å². The Labute approximate surface area is 146 Å². The average Bonchev–Trinajstić information content (AvgIpc) is 3.30. The summed E-state index contributed by atoms with van der Waals surface area (Å²) in [7, 11) is 0. The second-order valence-electron chi connectivity index (χ2n) is 6.34. The summed E-state index contributed by atoms with van der Waals surface area (Å²) < 4.78 is 0. The zero-order valence-electron chi connectivity index (χ0n) is 14.1. The number of hydrogen-bond donors (Lipinski definition) is 1. The minimum Gasteiger partial charge on any atom is -0.341 e. The molecular formula is C20H20N4O. The van der Waals surface area contributed by atoms with E-state index in [1.165, 1.54) is 0 Å². The SMILES string of the molecule is Cc1[nH]c(-c2ccccc2)nc1C(=O)N1CCC[C@@H]1c1ccccn1. The fraction of sp³-hybridized carbons (Fsp3) is 0.250. The van der Waals surface area contributed by atoms with Crippen LogP contribution in [-0.4, -0.2) is 32.3 Å². The van der Waals surface area contributed by atoms with E-state index in [0.717, 1.165) is 42.2 Å². The number of benzene rings is 1. The van der Waals surface area contributed by atoms with Gasteiger partial charge in [-0.25, -0.2) is 4.98 Å². The van der Waals surface area contributed by atoms with E-state index in [2.05, 4.69) is 15.0 Å². The van der Waals surface area contributed by atoms with Crippen molar-refractivity contribution in [2.45, 2.75) is 25.8 Å². The molecule has 1 saturated heterocycles. The van der Waals surface area contributed by atoms with E-state index in [4.69, 9.17) is 0 Å². The highest BCUT2D eigenvalue weighted by molar-refractivity contribution is 5.94. The molecule has 1 fully saturated rings. The second kappa shape index (κ2) is 6.51. The van der Waals surface area contributed by atoms with Crippen molar-refractivity contribution in [2.24, 2.45) is 0 Å². The molecule has 5 nitrogen and oxygen atoms in total. The number of hydrogen-bond acceptors (Lipinski definition) is 3. The van der Waals surface area contributed by atoms with Gasteiger partial charge in [0, 0.05) is 24.0 Å². The Hall–Kier alpha value is -2.95. The lowest BCUT2D eigenvalue weighted by molar-refractivity contribution is 0.0727. The standard InChI is InChI=1S/C20H20N4O/c1-14-18(23-19(22-14)15-8-3-2-4-9-15)20(25)24-13-7-11-17(24)16-10-5-6-12-21-16/h2-6,8-10,12,17H,7,11,13H2,1H3,(H,22,23)/t17-/m1/s1. The number of aromatic amines is 1. The van der Waals surface area contributed by atoms with E-state index in [9.17, 15) is 4.79 Å². The van der Waals surface area contributed by atoms with E-state index in [-0.39, 0.29) is 11.9 Å². The molecule has 0 spiro atoms. The normalized spacial score (nSPS) is 17.0. The molecule has 1 aliphatic heterocycles. The summed E-state index contributed by atoms with van der Waals surface area (Å²) in [5.41, 5.74) is 3.23. The minimum atomic E-state index is -0.0240. The maximum atomic E-state index is 13.1. The summed E-state index contributed by atoms with van der Waals surface area (Å²) in [6.07, 6.45) is 3.71. The van der Waals surface area contributed by atoms with Gasteiger partial charge in [0.1, 0.15) is 11.5 Å². The average molecular weight is 332 g/mol. The lowest BCUT2D eigenvalue weighted by Crippen LogP contribution is -2.31. The van der Waals surface area contributed by atoms with Gasteiger partial charge >= 0.3 is 0 Å². The Bertz CT molecular complexity index is 873. The van der Waals surface area contributed by atoms with Crippen molar-refractivity contribution in [3.63, 3.8) is 0 Å². The van der Waals surface area contributed by atoms with Crippen molar-refractivity contribution in [1.29, 1.82) is 0 Å². The molecule has 0 bridgehead atoms. The topological polar surface area (TPSA) is 61.9 Å². The minimum absolute atomic E-state index is 0.0240. The van der Waals surface area contributed by atoms with Crippen LogP contribution < -0.4 is 0 Å². The van der Waals surface area contributed by atoms with Gasteiger partial charge in [-0.1, -0.05) is 36.4 Å². The number of imidazole rings is 1. The Morgan fingerprint density at radius 1 is 1.16 bits per heavy atom. The smallest absolute Gasteiger partial charge is 0.274 e. The number of carbonyl (C=O) groups excluding carboxylic acids is 1. The van der Waals surface area contributed by atoms with Gasteiger partial charge in [-0.2, -0.15) is 0 Å². The summed E-state index contributed by atoms with van der Waals surface area (Å²) in [6, 6.07) is 15.8. The quantitative estimate of drug-likeness (QED) is 0.794. The Morgan fingerprint density at radius 3 is 2.72 bits per heavy atom. The maximum absolute atomic E-state index is 13.1. The number of aryl methyl sites for hydroxylation is 1. The molecule has 5 heteroatoms. The van der Waals surface area contributed by atoms with Crippen LogP contribution in [0, 0.1) is 6.92 Å². The van der Waals surface area contributed by atoms with Crippen molar-refractivity contribution >= 4 is 5.91 Å². The van der Waals surface area contributed by atoms with Crippen LogP contribution in [0.25, 0.3) is 11.4 Å². The van der Waals surface area contributed by atoms with Crippen molar-refractivity contribution in [2.75, 3.05) is 6.54 Å². The number of H-pyrrole nitrogens is 1. The molecule has 3 heterocycles. The molecule has 1 atom stereocenters. The van der Waals surface area contributed by atoms with Crippen molar-refractivity contribution in [3.8, 4) is 11.4 Å². The molecule has 0 saturated carbocycles. The molecule has 0 unspecified atom stereocenters. The fourth-order valence-electron chi connectivity index (χ4n) is 3.43. The van der Waals surface area contributed by atoms with Gasteiger partial charge < -0.3 is 9.88 Å². The monoisotopic (exact) mass is 332 g/mol. The lowest BCUT2D eigenvalue weighted by atomic mass is 10.1. The third kappa shape index (κ3) is 2.93. The zero-order valence-corrected chi connectivity index (χ0v) is 14.1. The fourth-order valence-corrected chi connectivity index (χ4v) is 3.43. The number of likely N-dealkylation sites (tertiary alicyclic amines) is 1. The first-order valence-electron chi connectivity index (χ1n) is 8.58. The Morgan fingerprint density at radius 2 is 1.96 bits per heavy atom. The molecule has 1 aromatic carbocycles. The van der Waals surface area contributed by atoms with Crippen LogP contribution in [0.2, 0.25) is 0 Å². The zero-order chi connectivity index (χ0) is 17.2. The van der Waals surface area contributed by atoms with Crippen LogP contribution in [0.4, 0.5) is 0 Å². The number of nitrogens with one attached hydrogen (secondary N) is 1. The molecule has 3 aromatic rings. The van der Waals surface area contributed by atoms with Crippen LogP contribution in [0.5, 0.6) is 0 Å². The van der Waals surface area contributed by atoms with Gasteiger partial charge in [0.05, 0.1) is 11.7 Å². The number of amides is 1. The first kappa shape index (κ1) is 15.6. The summed E-state index contributed by atoms with van der Waals surface area (Å²) in [6.45, 7) is 2.64. The molecule has 0 radical (unpaired) electrons. The van der Waals surface area contributed by atoms with E-state index in [0.29, 0.717) is 5.69 Å². The molecular weight excluding hydrogens is 312 g/mol. The van der Waals surface area contributed by atoms with Crippen molar-refractivity contribution in [1.82, 2.24) is 19.9 Å². The van der Waals surface area contributed by atoms with E-state index in [1.807, 2.05) is 60.4 Å². The molecule has 0 aliphatic carbocycles. The Balaban J connectivity index is 1.64. The van der Waals surface area contributed by atoms with Crippen LogP contribution in [0.3, 0.4) is 0 Å². The molecule has 4 rings (SSSR count). The van der Waals surface area contributed by atoms with Crippen LogP contribution in [0.15, 0.2) is 54.7 Å². The van der Waals surface area contributed by atoms with Crippen molar-refractivity contribution in [3.05, 3.63) is 71.8 Å². The van der Waals surface area contributed by atoms with Crippen LogP contribution >= 0.6 is 0 Å². The predicted molar refractivity (Wildman–Crippen MR) is 96.0 cm³/mol. The van der Waals surface area contributed by atoms with Crippen molar-refractivity contribution < 1.29 is 4.79 Å². The summed E-state index contributed by atoms with van der Waals surface area (Å²) in [5, 5.41) is 0. The number of aromatic nitrogens is 3. The first-order valence-corrected chi connectivity index (χ1v) is 8.58. The van der Waals surface area contributed by atoms with E-state index in [1.54, 1.807) is 6.20 Å². The lowest BCUT2D eigenvalue weighted by Gasteiger charge is -2.23. The highest BCUT2D eigenvalue weighted by atomic mass is 16.2. The number of nitrogens with zero attached hydrogens (tertiary/aromatic N) is 3. The number of carbonyl (C=O) groups is 1. The van der Waals surface area contributed by atoms with E-state index < -0.39 is 0 Å². The molecule has 2 aromatic heterocycles. The van der Waals surface area contributed by atoms with Gasteiger partial charge in [0.2, 0.25) is 0 Å². The highest BCUT2D eigenvalue weighted by Gasteiger charge is 2.33. The maximum Gasteiger partial charge on any atom is 0.274 e. The molecule has 126 valence electrons. The van der Waals surface area contributed by atoms with Crippen LogP contribution in [0.1, 0.15) is 40.8 Å². The molecule has 1 amide bonds. The van der Waals surface area contributed by atoms with Gasteiger partial charge in [0.15, 0.2) is 0 Å². The van der Waals surface area contributed by atoms with Gasteiger partial charge in [-0.05, 0) is 31.9 Å². The number of pyridine rings is 1. The predicted octanol–water partition coefficient (Wildman–Crippen LogP) is 3.76. The molecule has 1 aliphatic rings. The second-order valence-corrected chi connectivity index (χ2v) is 6.34. The molecule has 1 N–H and O–H groups in total. The third-order valence-corrected chi connectivity index (χ3v) is 4.68. The van der Waals surface area contributed by atoms with Gasteiger partial charge in [-0.3, -0.25) is 9.78 Å². The third-order valence-electron chi connectivity index (χ3n) is 4.68. The van der Waals surface area contributed by atoms with E-state index >= 15 is 0 Å². The largest absolute Gasteiger partial charge is 0.341 e. The highest BCUT2D eigenvalue weighted by Crippen LogP contribution is 2.32. The first-order chi connectivity index (χ1) is 12.2. The Kier molecular flexibility index (Phi) is 4.06. The summed E-state index contributed by atoms with van der Waals surface area (Å²) in [4.78, 5) is 27.3. The summed E-state index contributed by atoms with van der Waals surface area (Å²) in [5.74, 6) is 0.708. The number of rotatable bonds is 3.